The number of carbonyl (C=O) groups excluding carboxylic acids is 1. The van der Waals surface area contributed by atoms with Crippen molar-refractivity contribution in [2.45, 2.75) is 103 Å². The fraction of sp³-hybridized carbons (Fsp3) is 0.944. The van der Waals surface area contributed by atoms with Gasteiger partial charge in [0.15, 0.2) is 16.6 Å². The molecule has 0 saturated heterocycles. The molecule has 0 amide bonds. The summed E-state index contributed by atoms with van der Waals surface area (Å²) in [6, 6.07) is 0. The maximum Gasteiger partial charge on any atom is 0.193 e. The van der Waals surface area contributed by atoms with Gasteiger partial charge in [0.1, 0.15) is 12.4 Å². The monoisotopic (exact) mass is 360 g/mol. The van der Waals surface area contributed by atoms with Crippen molar-refractivity contribution in [1.29, 1.82) is 0 Å². The molecule has 0 spiro atoms. The van der Waals surface area contributed by atoms with Crippen molar-refractivity contribution in [1.82, 2.24) is 0 Å². The third-order valence-corrected chi connectivity index (χ3v) is 14.6. The Bertz CT molecular complexity index is 365. The lowest BCUT2D eigenvalue weighted by atomic mass is 10.2. The minimum atomic E-state index is -1.87. The molecule has 23 heavy (non-hydrogen) atoms. The standard InChI is InChI=1S/C18H40O3Si2/c1-17(2,3)22(7,8)20-14-12-11-13-16(15-19)21-23(9,10)18(4,5)6/h15-16H,11-14H2,1-10H3. The summed E-state index contributed by atoms with van der Waals surface area (Å²) in [5, 5.41) is 0.392. The van der Waals surface area contributed by atoms with E-state index in [4.69, 9.17) is 8.85 Å². The molecule has 0 bridgehead atoms. The number of hydrogen-bond donors (Lipinski definition) is 0. The topological polar surface area (TPSA) is 35.5 Å². The van der Waals surface area contributed by atoms with E-state index in [0.29, 0.717) is 0 Å². The van der Waals surface area contributed by atoms with E-state index in [-0.39, 0.29) is 16.2 Å². The van der Waals surface area contributed by atoms with Crippen LogP contribution < -0.4 is 0 Å². The molecule has 0 fully saturated rings. The highest BCUT2D eigenvalue weighted by Crippen LogP contribution is 2.38. The normalized spacial score (nSPS) is 15.6. The summed E-state index contributed by atoms with van der Waals surface area (Å²) in [5.41, 5.74) is 0. The Morgan fingerprint density at radius 3 is 1.74 bits per heavy atom. The predicted molar refractivity (Wildman–Crippen MR) is 105 cm³/mol. The maximum atomic E-state index is 11.3. The largest absolute Gasteiger partial charge is 0.417 e. The molecular formula is C18H40O3Si2. The third-order valence-electron chi connectivity index (χ3n) is 5.56. The second-order valence-corrected chi connectivity index (χ2v) is 19.2. The van der Waals surface area contributed by atoms with Gasteiger partial charge in [-0.15, -0.1) is 0 Å². The van der Waals surface area contributed by atoms with Crippen LogP contribution in [0.15, 0.2) is 0 Å². The van der Waals surface area contributed by atoms with Crippen LogP contribution in [0.3, 0.4) is 0 Å². The lowest BCUT2D eigenvalue weighted by Crippen LogP contribution is -2.44. The molecule has 1 unspecified atom stereocenters. The summed E-state index contributed by atoms with van der Waals surface area (Å²) in [7, 11) is -3.52. The second kappa shape index (κ2) is 8.41. The average molecular weight is 361 g/mol. The molecule has 0 radical (unpaired) electrons. The molecule has 1 atom stereocenters. The summed E-state index contributed by atoms with van der Waals surface area (Å²) in [5.74, 6) is 0. The summed E-state index contributed by atoms with van der Waals surface area (Å²) >= 11 is 0. The van der Waals surface area contributed by atoms with Crippen LogP contribution in [-0.4, -0.2) is 35.6 Å². The van der Waals surface area contributed by atoms with Gasteiger partial charge < -0.3 is 13.6 Å². The van der Waals surface area contributed by atoms with Gasteiger partial charge in [0, 0.05) is 6.61 Å². The first-order valence-electron chi connectivity index (χ1n) is 8.91. The van der Waals surface area contributed by atoms with Crippen molar-refractivity contribution >= 4 is 22.9 Å². The fourth-order valence-corrected chi connectivity index (χ4v) is 4.07. The minimum absolute atomic E-state index is 0.139. The Morgan fingerprint density at radius 1 is 0.870 bits per heavy atom. The molecule has 0 saturated carbocycles. The summed E-state index contributed by atoms with van der Waals surface area (Å²) in [4.78, 5) is 11.3. The van der Waals surface area contributed by atoms with Crippen molar-refractivity contribution in [3.8, 4) is 0 Å². The van der Waals surface area contributed by atoms with Gasteiger partial charge in [0.05, 0.1) is 0 Å². The second-order valence-electron chi connectivity index (χ2n) is 9.66. The van der Waals surface area contributed by atoms with Crippen molar-refractivity contribution in [3.05, 3.63) is 0 Å². The molecular weight excluding hydrogens is 320 g/mol. The molecule has 0 aromatic carbocycles. The first-order valence-corrected chi connectivity index (χ1v) is 14.7. The Hall–Kier alpha value is 0.0238. The predicted octanol–water partition coefficient (Wildman–Crippen LogP) is 5.77. The molecule has 0 N–H and O–H groups in total. The molecule has 0 aliphatic heterocycles. The van der Waals surface area contributed by atoms with E-state index in [1.165, 1.54) is 0 Å². The lowest BCUT2D eigenvalue weighted by molar-refractivity contribution is -0.114. The lowest BCUT2D eigenvalue weighted by Gasteiger charge is -2.38. The fourth-order valence-electron chi connectivity index (χ4n) is 1.70. The van der Waals surface area contributed by atoms with Crippen LogP contribution in [0.5, 0.6) is 0 Å². The van der Waals surface area contributed by atoms with E-state index < -0.39 is 16.6 Å². The summed E-state index contributed by atoms with van der Waals surface area (Å²) in [6.45, 7) is 23.1. The van der Waals surface area contributed by atoms with E-state index >= 15 is 0 Å². The van der Waals surface area contributed by atoms with Gasteiger partial charge in [-0.2, -0.15) is 0 Å². The van der Waals surface area contributed by atoms with Crippen LogP contribution in [0.1, 0.15) is 60.8 Å². The van der Waals surface area contributed by atoms with Gasteiger partial charge in [0.2, 0.25) is 0 Å². The third kappa shape index (κ3) is 7.63. The number of hydrogen-bond acceptors (Lipinski definition) is 3. The number of carbonyl (C=O) groups is 1. The molecule has 3 nitrogen and oxygen atoms in total. The van der Waals surface area contributed by atoms with Gasteiger partial charge in [-0.3, -0.25) is 0 Å². The smallest absolute Gasteiger partial charge is 0.193 e. The van der Waals surface area contributed by atoms with Crippen LogP contribution in [0.4, 0.5) is 0 Å². The Balaban J connectivity index is 4.24. The van der Waals surface area contributed by atoms with Gasteiger partial charge >= 0.3 is 0 Å². The molecule has 0 aromatic heterocycles. The minimum Gasteiger partial charge on any atom is -0.417 e. The Labute approximate surface area is 146 Å². The first kappa shape index (κ1) is 23.0. The van der Waals surface area contributed by atoms with Crippen molar-refractivity contribution in [2.24, 2.45) is 0 Å². The van der Waals surface area contributed by atoms with Crippen molar-refractivity contribution in [3.63, 3.8) is 0 Å². The van der Waals surface area contributed by atoms with Crippen LogP contribution in [0.2, 0.25) is 36.3 Å². The Kier molecular flexibility index (Phi) is 8.42. The van der Waals surface area contributed by atoms with Crippen molar-refractivity contribution < 1.29 is 13.6 Å². The molecule has 0 aliphatic carbocycles. The highest BCUT2D eigenvalue weighted by molar-refractivity contribution is 6.74. The molecule has 0 rings (SSSR count). The van der Waals surface area contributed by atoms with E-state index in [9.17, 15) is 4.79 Å². The van der Waals surface area contributed by atoms with Gasteiger partial charge in [-0.1, -0.05) is 41.5 Å². The average Bonchev–Trinajstić information content (AvgIpc) is 2.33. The van der Waals surface area contributed by atoms with Crippen LogP contribution in [0.25, 0.3) is 0 Å². The number of aldehydes is 1. The zero-order chi connectivity index (χ0) is 18.5. The van der Waals surface area contributed by atoms with Crippen molar-refractivity contribution in [2.75, 3.05) is 6.61 Å². The zero-order valence-corrected chi connectivity index (χ0v) is 19.2. The zero-order valence-electron chi connectivity index (χ0n) is 17.2. The van der Waals surface area contributed by atoms with Crippen LogP contribution in [-0.2, 0) is 13.6 Å². The quantitative estimate of drug-likeness (QED) is 0.297. The molecule has 0 aromatic rings. The van der Waals surface area contributed by atoms with Crippen LogP contribution >= 0.6 is 0 Å². The molecule has 0 heterocycles. The van der Waals surface area contributed by atoms with E-state index in [1.54, 1.807) is 0 Å². The number of rotatable bonds is 9. The summed E-state index contributed by atoms with van der Waals surface area (Å²) in [6.07, 6.45) is 3.50. The molecule has 138 valence electrons. The maximum absolute atomic E-state index is 11.3. The molecule has 5 heteroatoms. The summed E-state index contributed by atoms with van der Waals surface area (Å²) < 4.78 is 12.4. The highest BCUT2D eigenvalue weighted by atomic mass is 28.4. The first-order chi connectivity index (χ1) is 10.1. The SMILES string of the molecule is CC(C)(C)[Si](C)(C)OCCCCC(C=O)O[Si](C)(C)C(C)(C)C. The highest BCUT2D eigenvalue weighted by Gasteiger charge is 2.39. The molecule has 0 aliphatic rings. The van der Waals surface area contributed by atoms with Gasteiger partial charge in [-0.25, -0.2) is 0 Å². The van der Waals surface area contributed by atoms with Gasteiger partial charge in [-0.05, 0) is 55.5 Å². The van der Waals surface area contributed by atoms with E-state index in [1.807, 2.05) is 0 Å². The van der Waals surface area contributed by atoms with Crippen LogP contribution in [0, 0.1) is 0 Å². The van der Waals surface area contributed by atoms with E-state index in [2.05, 4.69) is 67.7 Å². The Morgan fingerprint density at radius 2 is 1.35 bits per heavy atom. The van der Waals surface area contributed by atoms with E-state index in [0.717, 1.165) is 32.2 Å². The van der Waals surface area contributed by atoms with Gasteiger partial charge in [0.25, 0.3) is 0 Å². The number of unbranched alkanes of at least 4 members (excludes halogenated alkanes) is 1.